The van der Waals surface area contributed by atoms with Crippen molar-refractivity contribution in [2.45, 2.75) is 58.5 Å². The summed E-state index contributed by atoms with van der Waals surface area (Å²) in [5, 5.41) is 13.4. The van der Waals surface area contributed by atoms with Gasteiger partial charge in [0.15, 0.2) is 0 Å². The third-order valence-corrected chi connectivity index (χ3v) is 6.71. The number of amides is 1. The lowest BCUT2D eigenvalue weighted by Crippen LogP contribution is -2.30. The summed E-state index contributed by atoms with van der Waals surface area (Å²) >= 11 is 1.66. The van der Waals surface area contributed by atoms with Crippen molar-refractivity contribution < 1.29 is 14.7 Å². The molecule has 1 aliphatic heterocycles. The number of carbonyl (C=O) groups excluding carboxylic acids is 1. The second-order valence-corrected chi connectivity index (χ2v) is 8.87. The summed E-state index contributed by atoms with van der Waals surface area (Å²) in [6, 6.07) is 4.06. The predicted molar refractivity (Wildman–Crippen MR) is 103 cm³/mol. The highest BCUT2D eigenvalue weighted by atomic mass is 32.1. The number of hydrogen-bond donors (Lipinski definition) is 1. The SMILES string of the molecule is C[C@@H]1CCc2sc(C(=O)N3CCCn4nc(CCC(=O)O)cc4C3)cc2C1. The van der Waals surface area contributed by atoms with E-state index in [4.69, 9.17) is 5.11 Å². The second-order valence-electron chi connectivity index (χ2n) is 7.73. The number of carboxylic acids is 1. The third-order valence-electron chi connectivity index (χ3n) is 5.49. The topological polar surface area (TPSA) is 75.4 Å². The average Bonchev–Trinajstić information content (AvgIpc) is 3.17. The van der Waals surface area contributed by atoms with Crippen LogP contribution in [0.5, 0.6) is 0 Å². The molecule has 1 N–H and O–H groups in total. The monoisotopic (exact) mass is 387 g/mol. The van der Waals surface area contributed by atoms with Crippen molar-refractivity contribution in [2.75, 3.05) is 6.54 Å². The largest absolute Gasteiger partial charge is 0.481 e. The first-order valence-electron chi connectivity index (χ1n) is 9.68. The van der Waals surface area contributed by atoms with Gasteiger partial charge in [-0.1, -0.05) is 6.92 Å². The summed E-state index contributed by atoms with van der Waals surface area (Å²) in [6.07, 6.45) is 4.76. The maximum Gasteiger partial charge on any atom is 0.303 e. The lowest BCUT2D eigenvalue weighted by atomic mass is 9.90. The molecule has 1 atom stereocenters. The third kappa shape index (κ3) is 3.93. The molecule has 4 rings (SSSR count). The van der Waals surface area contributed by atoms with Crippen molar-refractivity contribution in [1.82, 2.24) is 14.7 Å². The summed E-state index contributed by atoms with van der Waals surface area (Å²) in [4.78, 5) is 28.1. The fourth-order valence-corrected chi connectivity index (χ4v) is 5.20. The van der Waals surface area contributed by atoms with Gasteiger partial charge in [0.1, 0.15) is 0 Å². The molecule has 6 nitrogen and oxygen atoms in total. The Hall–Kier alpha value is -2.15. The van der Waals surface area contributed by atoms with Crippen LogP contribution in [0.25, 0.3) is 0 Å². The molecule has 144 valence electrons. The molecule has 2 aliphatic rings. The van der Waals surface area contributed by atoms with E-state index in [0.29, 0.717) is 18.9 Å². The average molecular weight is 388 g/mol. The van der Waals surface area contributed by atoms with Crippen LogP contribution in [-0.2, 0) is 37.1 Å². The minimum Gasteiger partial charge on any atom is -0.481 e. The summed E-state index contributed by atoms with van der Waals surface area (Å²) in [5.41, 5.74) is 3.15. The van der Waals surface area contributed by atoms with Gasteiger partial charge in [-0.15, -0.1) is 11.3 Å². The molecule has 7 heteroatoms. The van der Waals surface area contributed by atoms with E-state index in [9.17, 15) is 9.59 Å². The van der Waals surface area contributed by atoms with Crippen LogP contribution in [0.1, 0.15) is 57.7 Å². The minimum absolute atomic E-state index is 0.0816. The molecular formula is C20H25N3O3S. The molecule has 1 aliphatic carbocycles. The summed E-state index contributed by atoms with van der Waals surface area (Å²) in [6.45, 7) is 4.31. The molecular weight excluding hydrogens is 362 g/mol. The van der Waals surface area contributed by atoms with Gasteiger partial charge in [0.05, 0.1) is 29.2 Å². The standard InChI is InChI=1S/C20H25N3O3S/c1-13-3-5-17-14(9-13)10-18(27-17)20(26)22-7-2-8-23-16(12-22)11-15(21-23)4-6-19(24)25/h10-11,13H,2-9,12H2,1H3,(H,24,25)/t13-/m1/s1. The smallest absolute Gasteiger partial charge is 0.303 e. The fourth-order valence-electron chi connectivity index (χ4n) is 4.02. The number of aliphatic carboxylic acids is 1. The zero-order chi connectivity index (χ0) is 19.0. The van der Waals surface area contributed by atoms with Crippen LogP contribution in [0.3, 0.4) is 0 Å². The fraction of sp³-hybridized carbons (Fsp3) is 0.550. The maximum absolute atomic E-state index is 13.1. The Morgan fingerprint density at radius 1 is 1.33 bits per heavy atom. The van der Waals surface area contributed by atoms with Crippen molar-refractivity contribution in [3.05, 3.63) is 38.8 Å². The Labute approximate surface area is 162 Å². The Morgan fingerprint density at radius 3 is 3.00 bits per heavy atom. The van der Waals surface area contributed by atoms with Gasteiger partial charge >= 0.3 is 5.97 Å². The van der Waals surface area contributed by atoms with E-state index >= 15 is 0 Å². The van der Waals surface area contributed by atoms with E-state index in [1.54, 1.807) is 11.3 Å². The van der Waals surface area contributed by atoms with Crippen molar-refractivity contribution in [2.24, 2.45) is 5.92 Å². The zero-order valence-corrected chi connectivity index (χ0v) is 16.4. The maximum atomic E-state index is 13.1. The number of aromatic nitrogens is 2. The van der Waals surface area contributed by atoms with Crippen LogP contribution < -0.4 is 0 Å². The zero-order valence-electron chi connectivity index (χ0n) is 15.6. The Kier molecular flexibility index (Phi) is 5.04. The van der Waals surface area contributed by atoms with Gasteiger partial charge in [-0.05, 0) is 49.3 Å². The van der Waals surface area contributed by atoms with Crippen molar-refractivity contribution in [3.63, 3.8) is 0 Å². The number of aryl methyl sites for hydroxylation is 3. The Balaban J connectivity index is 1.49. The highest BCUT2D eigenvalue weighted by Gasteiger charge is 2.26. The molecule has 0 spiro atoms. The first kappa shape index (κ1) is 18.2. The molecule has 2 aromatic rings. The Morgan fingerprint density at radius 2 is 2.19 bits per heavy atom. The van der Waals surface area contributed by atoms with Gasteiger partial charge in [-0.3, -0.25) is 14.3 Å². The molecule has 0 aromatic carbocycles. The summed E-state index contributed by atoms with van der Waals surface area (Å²) in [5.74, 6) is 0.00146. The van der Waals surface area contributed by atoms with Crippen LogP contribution in [-0.4, -0.2) is 38.2 Å². The Bertz CT molecular complexity index is 870. The lowest BCUT2D eigenvalue weighted by molar-refractivity contribution is -0.136. The van der Waals surface area contributed by atoms with E-state index in [1.807, 2.05) is 15.6 Å². The van der Waals surface area contributed by atoms with E-state index in [2.05, 4.69) is 18.1 Å². The number of nitrogens with zero attached hydrogens (tertiary/aromatic N) is 3. The molecule has 0 bridgehead atoms. The van der Waals surface area contributed by atoms with Gasteiger partial charge in [-0.2, -0.15) is 5.10 Å². The van der Waals surface area contributed by atoms with Crippen molar-refractivity contribution in [1.29, 1.82) is 0 Å². The van der Waals surface area contributed by atoms with Crippen molar-refractivity contribution in [3.8, 4) is 0 Å². The van der Waals surface area contributed by atoms with Gasteiger partial charge in [0.25, 0.3) is 5.91 Å². The number of carboxylic acid groups (broad SMARTS) is 1. The number of hydrogen-bond acceptors (Lipinski definition) is 4. The van der Waals surface area contributed by atoms with Crippen LogP contribution in [0.4, 0.5) is 0 Å². The van der Waals surface area contributed by atoms with E-state index < -0.39 is 5.97 Å². The summed E-state index contributed by atoms with van der Waals surface area (Å²) in [7, 11) is 0. The number of fused-ring (bicyclic) bond motifs is 2. The van der Waals surface area contributed by atoms with E-state index in [-0.39, 0.29) is 12.3 Å². The normalized spacial score (nSPS) is 19.3. The molecule has 0 saturated carbocycles. The molecule has 0 unspecified atom stereocenters. The predicted octanol–water partition coefficient (Wildman–Crippen LogP) is 3.13. The number of carbonyl (C=O) groups is 2. The second kappa shape index (κ2) is 7.46. The minimum atomic E-state index is -0.814. The molecule has 2 aromatic heterocycles. The first-order chi connectivity index (χ1) is 13.0. The van der Waals surface area contributed by atoms with Gasteiger partial charge in [-0.25, -0.2) is 0 Å². The molecule has 0 radical (unpaired) electrons. The molecule has 0 saturated heterocycles. The van der Waals surface area contributed by atoms with Gasteiger partial charge < -0.3 is 10.0 Å². The summed E-state index contributed by atoms with van der Waals surface area (Å²) < 4.78 is 1.94. The van der Waals surface area contributed by atoms with Crippen LogP contribution in [0.2, 0.25) is 0 Å². The highest BCUT2D eigenvalue weighted by molar-refractivity contribution is 7.14. The molecule has 3 heterocycles. The molecule has 1 amide bonds. The van der Waals surface area contributed by atoms with Crippen LogP contribution in [0, 0.1) is 5.92 Å². The first-order valence-corrected chi connectivity index (χ1v) is 10.5. The van der Waals surface area contributed by atoms with Crippen LogP contribution in [0.15, 0.2) is 12.1 Å². The molecule has 0 fully saturated rings. The van der Waals surface area contributed by atoms with Gasteiger partial charge in [0.2, 0.25) is 0 Å². The highest BCUT2D eigenvalue weighted by Crippen LogP contribution is 2.33. The van der Waals surface area contributed by atoms with E-state index in [0.717, 1.165) is 48.6 Å². The number of rotatable bonds is 4. The number of thiophene rings is 1. The van der Waals surface area contributed by atoms with Gasteiger partial charge in [0, 0.05) is 24.4 Å². The lowest BCUT2D eigenvalue weighted by Gasteiger charge is -2.19. The van der Waals surface area contributed by atoms with Crippen LogP contribution >= 0.6 is 11.3 Å². The quantitative estimate of drug-likeness (QED) is 0.875. The molecule has 27 heavy (non-hydrogen) atoms. The van der Waals surface area contributed by atoms with Crippen molar-refractivity contribution >= 4 is 23.2 Å². The van der Waals surface area contributed by atoms with E-state index in [1.165, 1.54) is 16.9 Å².